The van der Waals surface area contributed by atoms with E-state index >= 15 is 0 Å². The summed E-state index contributed by atoms with van der Waals surface area (Å²) in [4.78, 5) is 41.1. The Balaban J connectivity index is 1.56. The van der Waals surface area contributed by atoms with Crippen molar-refractivity contribution in [2.45, 2.75) is 13.1 Å². The maximum absolute atomic E-state index is 13.2. The van der Waals surface area contributed by atoms with Gasteiger partial charge in [0.1, 0.15) is 11.6 Å². The molecule has 162 valence electrons. The molecule has 0 saturated heterocycles. The summed E-state index contributed by atoms with van der Waals surface area (Å²) >= 11 is 0. The van der Waals surface area contributed by atoms with Crippen LogP contribution in [0.3, 0.4) is 0 Å². The number of benzene rings is 3. The molecule has 4 rings (SSSR count). The number of halogens is 1. The second-order valence-electron chi connectivity index (χ2n) is 7.56. The SMILES string of the molecule is COc1ccc(CN2C(=O)c3ccccc3C2=O)cc1C(=O)N(C)Cc1ccc(F)cc1. The van der Waals surface area contributed by atoms with E-state index in [2.05, 4.69) is 0 Å². The van der Waals surface area contributed by atoms with Gasteiger partial charge in [-0.1, -0.05) is 30.3 Å². The van der Waals surface area contributed by atoms with Gasteiger partial charge in [0.05, 0.1) is 30.3 Å². The molecule has 1 heterocycles. The van der Waals surface area contributed by atoms with Gasteiger partial charge in [-0.2, -0.15) is 0 Å². The molecule has 0 unspecified atom stereocenters. The van der Waals surface area contributed by atoms with Gasteiger partial charge in [0.25, 0.3) is 17.7 Å². The summed E-state index contributed by atoms with van der Waals surface area (Å²) in [5.41, 5.74) is 2.47. The molecule has 3 aromatic rings. The highest BCUT2D eigenvalue weighted by atomic mass is 19.1. The van der Waals surface area contributed by atoms with E-state index in [1.165, 1.54) is 29.0 Å². The van der Waals surface area contributed by atoms with Crippen LogP contribution in [0, 0.1) is 5.82 Å². The summed E-state index contributed by atoms with van der Waals surface area (Å²) in [7, 11) is 3.11. The van der Waals surface area contributed by atoms with Crippen molar-refractivity contribution >= 4 is 17.7 Å². The van der Waals surface area contributed by atoms with Gasteiger partial charge in [0.2, 0.25) is 0 Å². The van der Waals surface area contributed by atoms with Crippen LogP contribution in [0.15, 0.2) is 66.7 Å². The summed E-state index contributed by atoms with van der Waals surface area (Å²) in [6.45, 7) is 0.323. The van der Waals surface area contributed by atoms with Crippen LogP contribution in [0.2, 0.25) is 0 Å². The lowest BCUT2D eigenvalue weighted by Gasteiger charge is -2.20. The Labute approximate surface area is 184 Å². The lowest BCUT2D eigenvalue weighted by atomic mass is 10.1. The lowest BCUT2D eigenvalue weighted by molar-refractivity contribution is 0.0642. The van der Waals surface area contributed by atoms with Gasteiger partial charge in [0.15, 0.2) is 0 Å². The molecule has 3 aromatic carbocycles. The Hall–Kier alpha value is -4.00. The molecular formula is C25H21FN2O4. The van der Waals surface area contributed by atoms with Crippen molar-refractivity contribution in [3.8, 4) is 5.75 Å². The number of rotatable bonds is 6. The summed E-state index contributed by atoms with van der Waals surface area (Å²) in [6.07, 6.45) is 0. The Morgan fingerprint density at radius 3 is 2.12 bits per heavy atom. The molecule has 0 N–H and O–H groups in total. The first-order valence-electron chi connectivity index (χ1n) is 10.0. The molecule has 0 radical (unpaired) electrons. The molecular weight excluding hydrogens is 411 g/mol. The molecule has 0 atom stereocenters. The Bertz CT molecular complexity index is 1170. The van der Waals surface area contributed by atoms with Crippen molar-refractivity contribution in [1.29, 1.82) is 0 Å². The first kappa shape index (κ1) is 21.2. The van der Waals surface area contributed by atoms with Gasteiger partial charge in [0, 0.05) is 13.6 Å². The molecule has 32 heavy (non-hydrogen) atoms. The smallest absolute Gasteiger partial charge is 0.261 e. The molecule has 0 fully saturated rings. The van der Waals surface area contributed by atoms with Crippen molar-refractivity contribution in [3.05, 3.63) is 100 Å². The van der Waals surface area contributed by atoms with Crippen molar-refractivity contribution in [1.82, 2.24) is 9.80 Å². The molecule has 3 amide bonds. The van der Waals surface area contributed by atoms with Crippen LogP contribution in [0.5, 0.6) is 5.75 Å². The number of carbonyl (C=O) groups is 3. The molecule has 1 aliphatic heterocycles. The number of amides is 3. The average molecular weight is 432 g/mol. The first-order chi connectivity index (χ1) is 15.4. The second-order valence-corrected chi connectivity index (χ2v) is 7.56. The fourth-order valence-corrected chi connectivity index (χ4v) is 3.73. The molecule has 0 spiro atoms. The topological polar surface area (TPSA) is 66.9 Å². The van der Waals surface area contributed by atoms with Crippen LogP contribution in [0.1, 0.15) is 42.2 Å². The summed E-state index contributed by atoms with van der Waals surface area (Å²) < 4.78 is 18.5. The highest BCUT2D eigenvalue weighted by molar-refractivity contribution is 6.21. The summed E-state index contributed by atoms with van der Waals surface area (Å²) in [6, 6.07) is 17.6. The number of nitrogens with zero attached hydrogens (tertiary/aromatic N) is 2. The van der Waals surface area contributed by atoms with Crippen LogP contribution in [0.25, 0.3) is 0 Å². The predicted octanol–water partition coefficient (Wildman–Crippen LogP) is 3.90. The largest absolute Gasteiger partial charge is 0.496 e. The number of imide groups is 1. The monoisotopic (exact) mass is 432 g/mol. The highest BCUT2D eigenvalue weighted by Crippen LogP contribution is 2.27. The third-order valence-electron chi connectivity index (χ3n) is 5.39. The fourth-order valence-electron chi connectivity index (χ4n) is 3.73. The third kappa shape index (κ3) is 3.97. The number of fused-ring (bicyclic) bond motifs is 1. The third-order valence-corrected chi connectivity index (χ3v) is 5.39. The van der Waals surface area contributed by atoms with E-state index in [0.29, 0.717) is 28.0 Å². The predicted molar refractivity (Wildman–Crippen MR) is 116 cm³/mol. The average Bonchev–Trinajstić information content (AvgIpc) is 3.05. The molecule has 7 heteroatoms. The highest BCUT2D eigenvalue weighted by Gasteiger charge is 2.35. The summed E-state index contributed by atoms with van der Waals surface area (Å²) in [5, 5.41) is 0. The van der Waals surface area contributed by atoms with Crippen molar-refractivity contribution < 1.29 is 23.5 Å². The van der Waals surface area contributed by atoms with Crippen LogP contribution >= 0.6 is 0 Å². The Morgan fingerprint density at radius 2 is 1.53 bits per heavy atom. The molecule has 6 nitrogen and oxygen atoms in total. The number of hydrogen-bond acceptors (Lipinski definition) is 4. The fraction of sp³-hybridized carbons (Fsp3) is 0.160. The van der Waals surface area contributed by atoms with Gasteiger partial charge in [-0.25, -0.2) is 4.39 Å². The zero-order valence-electron chi connectivity index (χ0n) is 17.7. The van der Waals surface area contributed by atoms with E-state index in [9.17, 15) is 18.8 Å². The van der Waals surface area contributed by atoms with Crippen LogP contribution in [-0.2, 0) is 13.1 Å². The van der Waals surface area contributed by atoms with Gasteiger partial charge >= 0.3 is 0 Å². The first-order valence-corrected chi connectivity index (χ1v) is 10.0. The Morgan fingerprint density at radius 1 is 0.938 bits per heavy atom. The summed E-state index contributed by atoms with van der Waals surface area (Å²) in [5.74, 6) is -0.974. The Kier molecular flexibility index (Phi) is 5.73. The van der Waals surface area contributed by atoms with E-state index < -0.39 is 0 Å². The van der Waals surface area contributed by atoms with E-state index in [0.717, 1.165) is 5.56 Å². The number of hydrogen-bond donors (Lipinski definition) is 0. The van der Waals surface area contributed by atoms with Crippen molar-refractivity contribution in [2.24, 2.45) is 0 Å². The normalized spacial score (nSPS) is 12.7. The van der Waals surface area contributed by atoms with Gasteiger partial charge in [-0.15, -0.1) is 0 Å². The number of carbonyl (C=O) groups excluding carboxylic acids is 3. The molecule has 0 aliphatic carbocycles. The minimum absolute atomic E-state index is 0.0400. The standard InChI is InChI=1S/C25H21FN2O4/c1-27(14-16-7-10-18(26)11-8-16)23(29)21-13-17(9-12-22(21)32-2)15-28-24(30)19-5-3-4-6-20(19)25(28)31/h3-13H,14-15H2,1-2H3. The van der Waals surface area contributed by atoms with Gasteiger partial charge in [-0.05, 0) is 47.5 Å². The maximum atomic E-state index is 13.2. The number of methoxy groups -OCH3 is 1. The van der Waals surface area contributed by atoms with E-state index in [4.69, 9.17) is 4.74 Å². The zero-order chi connectivity index (χ0) is 22.8. The zero-order valence-corrected chi connectivity index (χ0v) is 17.7. The van der Waals surface area contributed by atoms with Crippen molar-refractivity contribution in [2.75, 3.05) is 14.2 Å². The van der Waals surface area contributed by atoms with Crippen molar-refractivity contribution in [3.63, 3.8) is 0 Å². The van der Waals surface area contributed by atoms with E-state index in [1.807, 2.05) is 0 Å². The molecule has 0 bridgehead atoms. The van der Waals surface area contributed by atoms with Crippen LogP contribution in [-0.4, -0.2) is 41.7 Å². The minimum atomic E-state index is -0.359. The molecule has 0 saturated carbocycles. The van der Waals surface area contributed by atoms with Gasteiger partial charge in [-0.3, -0.25) is 19.3 Å². The van der Waals surface area contributed by atoms with E-state index in [-0.39, 0.29) is 36.6 Å². The maximum Gasteiger partial charge on any atom is 0.261 e. The molecule has 1 aliphatic rings. The van der Waals surface area contributed by atoms with Crippen LogP contribution < -0.4 is 4.74 Å². The van der Waals surface area contributed by atoms with E-state index in [1.54, 1.807) is 61.6 Å². The van der Waals surface area contributed by atoms with Crippen LogP contribution in [0.4, 0.5) is 4.39 Å². The minimum Gasteiger partial charge on any atom is -0.496 e. The lowest BCUT2D eigenvalue weighted by Crippen LogP contribution is -2.30. The second kappa shape index (κ2) is 8.63. The quantitative estimate of drug-likeness (QED) is 0.554. The number of ether oxygens (including phenoxy) is 1. The molecule has 0 aromatic heterocycles. The van der Waals surface area contributed by atoms with Gasteiger partial charge < -0.3 is 9.64 Å².